The first kappa shape index (κ1) is 15.8. The molecule has 1 fully saturated rings. The number of ether oxygens (including phenoxy) is 2. The second kappa shape index (κ2) is 11.3. The summed E-state index contributed by atoms with van der Waals surface area (Å²) in [5, 5.41) is 0. The Morgan fingerprint density at radius 1 is 1.00 bits per heavy atom. The molecule has 1 rings (SSSR count). The molecule has 0 N–H and O–H groups in total. The molecular weight excluding hydrogens is 214 g/mol. The van der Waals surface area contributed by atoms with Gasteiger partial charge in [0.25, 0.3) is 0 Å². The fourth-order valence-electron chi connectivity index (χ4n) is 1.85. The van der Waals surface area contributed by atoms with Crippen molar-refractivity contribution in [2.24, 2.45) is 0 Å². The largest absolute Gasteiger partial charge is 0.378 e. The molecular formula is C12H24F2O2. The van der Waals surface area contributed by atoms with Crippen LogP contribution in [0.1, 0.15) is 45.4 Å². The van der Waals surface area contributed by atoms with Crippen LogP contribution in [0.15, 0.2) is 0 Å². The number of halogens is 2. The molecule has 0 atom stereocenters. The van der Waals surface area contributed by atoms with Crippen LogP contribution >= 0.6 is 0 Å². The zero-order chi connectivity index (χ0) is 12.2. The molecule has 0 aromatic carbocycles. The number of alkyl halides is 2. The molecule has 1 aliphatic rings. The third-order valence-electron chi connectivity index (χ3n) is 2.77. The molecule has 0 spiro atoms. The highest BCUT2D eigenvalue weighted by molar-refractivity contribution is 4.72. The predicted octanol–water partition coefficient (Wildman–Crippen LogP) is 3.64. The maximum Gasteiger partial charge on any atom is 0.188 e. The Labute approximate surface area is 97.3 Å². The first-order chi connectivity index (χ1) is 7.86. The van der Waals surface area contributed by atoms with Crippen LogP contribution in [0.25, 0.3) is 0 Å². The van der Waals surface area contributed by atoms with Gasteiger partial charge in [-0.1, -0.05) is 13.3 Å². The molecule has 0 aromatic heterocycles. The van der Waals surface area contributed by atoms with Crippen molar-refractivity contribution in [2.75, 3.05) is 20.6 Å². The van der Waals surface area contributed by atoms with Crippen molar-refractivity contribution in [3.8, 4) is 0 Å². The zero-order valence-electron chi connectivity index (χ0n) is 10.4. The van der Waals surface area contributed by atoms with Gasteiger partial charge < -0.3 is 9.47 Å². The molecule has 16 heavy (non-hydrogen) atoms. The second-order valence-corrected chi connectivity index (χ2v) is 3.90. The van der Waals surface area contributed by atoms with E-state index in [-0.39, 0.29) is 6.10 Å². The second-order valence-electron chi connectivity index (χ2n) is 3.90. The van der Waals surface area contributed by atoms with E-state index in [1.807, 2.05) is 0 Å². The average Bonchev–Trinajstić information content (AvgIpc) is 2.35. The monoisotopic (exact) mass is 238 g/mol. The Bertz CT molecular complexity index is 137. The highest BCUT2D eigenvalue weighted by atomic mass is 19.1. The fraction of sp³-hybridized carbons (Fsp3) is 1.00. The molecule has 1 aliphatic carbocycles. The standard InChI is InChI=1S/C11H21FO2.CH3F/c1-2-3-8-13-10-4-6-11(7-5-10)14-9-12;1-2/h10-11H,2-9H2,1H3;1H3. The van der Waals surface area contributed by atoms with Gasteiger partial charge in [-0.05, 0) is 32.1 Å². The Hall–Kier alpha value is -0.220. The topological polar surface area (TPSA) is 18.5 Å². The number of hydrogen-bond donors (Lipinski definition) is 0. The van der Waals surface area contributed by atoms with Crippen LogP contribution in [0, 0.1) is 0 Å². The summed E-state index contributed by atoms with van der Waals surface area (Å²) < 4.78 is 32.0. The molecule has 0 bridgehead atoms. The lowest BCUT2D eigenvalue weighted by atomic mass is 9.95. The molecule has 2 nitrogen and oxygen atoms in total. The Kier molecular flexibility index (Phi) is 11.1. The first-order valence-electron chi connectivity index (χ1n) is 6.03. The smallest absolute Gasteiger partial charge is 0.188 e. The summed E-state index contributed by atoms with van der Waals surface area (Å²) in [4.78, 5) is 0. The van der Waals surface area contributed by atoms with Crippen LogP contribution in [-0.4, -0.2) is 32.9 Å². The van der Waals surface area contributed by atoms with Gasteiger partial charge in [-0.15, -0.1) is 0 Å². The van der Waals surface area contributed by atoms with Crippen LogP contribution in [-0.2, 0) is 9.47 Å². The summed E-state index contributed by atoms with van der Waals surface area (Å²) in [6.45, 7) is 2.39. The summed E-state index contributed by atoms with van der Waals surface area (Å²) in [5.41, 5.74) is 0. The fourth-order valence-corrected chi connectivity index (χ4v) is 1.85. The molecule has 0 saturated heterocycles. The maximum atomic E-state index is 11.9. The molecule has 0 aliphatic heterocycles. The SMILES string of the molecule is CCCCOC1CCC(OCF)CC1.CF. The van der Waals surface area contributed by atoms with E-state index >= 15 is 0 Å². The maximum absolute atomic E-state index is 11.9. The van der Waals surface area contributed by atoms with Crippen molar-refractivity contribution in [3.63, 3.8) is 0 Å². The molecule has 0 amide bonds. The summed E-state index contributed by atoms with van der Waals surface area (Å²) in [6.07, 6.45) is 6.78. The van der Waals surface area contributed by atoms with Crippen molar-refractivity contribution in [2.45, 2.75) is 57.7 Å². The first-order valence-corrected chi connectivity index (χ1v) is 6.03. The molecule has 0 aromatic rings. The van der Waals surface area contributed by atoms with E-state index in [1.165, 1.54) is 6.42 Å². The van der Waals surface area contributed by atoms with E-state index < -0.39 is 6.86 Å². The lowest BCUT2D eigenvalue weighted by molar-refractivity contribution is -0.0562. The van der Waals surface area contributed by atoms with E-state index in [4.69, 9.17) is 9.47 Å². The van der Waals surface area contributed by atoms with Gasteiger partial charge in [-0.25, -0.2) is 4.39 Å². The molecule has 4 heteroatoms. The Balaban J connectivity index is 0.00000106. The van der Waals surface area contributed by atoms with Gasteiger partial charge in [0.15, 0.2) is 6.86 Å². The lowest BCUT2D eigenvalue weighted by Crippen LogP contribution is -2.26. The van der Waals surface area contributed by atoms with E-state index in [0.29, 0.717) is 13.3 Å². The van der Waals surface area contributed by atoms with Crippen LogP contribution in [0.2, 0.25) is 0 Å². The summed E-state index contributed by atoms with van der Waals surface area (Å²) in [7, 11) is 0.500. The highest BCUT2D eigenvalue weighted by Crippen LogP contribution is 2.23. The summed E-state index contributed by atoms with van der Waals surface area (Å²) in [6, 6.07) is 0. The van der Waals surface area contributed by atoms with Gasteiger partial charge >= 0.3 is 0 Å². The molecule has 1 saturated carbocycles. The Morgan fingerprint density at radius 3 is 1.94 bits per heavy atom. The van der Waals surface area contributed by atoms with Gasteiger partial charge in [-0.3, -0.25) is 4.39 Å². The van der Waals surface area contributed by atoms with Crippen LogP contribution in [0.5, 0.6) is 0 Å². The summed E-state index contributed by atoms with van der Waals surface area (Å²) >= 11 is 0. The lowest BCUT2D eigenvalue weighted by Gasteiger charge is -2.27. The Morgan fingerprint density at radius 2 is 1.50 bits per heavy atom. The van der Waals surface area contributed by atoms with Gasteiger partial charge in [0.1, 0.15) is 0 Å². The molecule has 98 valence electrons. The number of unbranched alkanes of at least 4 members (excludes halogenated alkanes) is 1. The molecule has 0 radical (unpaired) electrons. The third kappa shape index (κ3) is 7.12. The minimum Gasteiger partial charge on any atom is -0.378 e. The molecule has 0 heterocycles. The van der Waals surface area contributed by atoms with Crippen LogP contribution in [0.4, 0.5) is 8.78 Å². The van der Waals surface area contributed by atoms with Crippen molar-refractivity contribution >= 4 is 0 Å². The minimum absolute atomic E-state index is 0.131. The molecule has 0 unspecified atom stereocenters. The van der Waals surface area contributed by atoms with E-state index in [9.17, 15) is 8.78 Å². The highest BCUT2D eigenvalue weighted by Gasteiger charge is 2.21. The van der Waals surface area contributed by atoms with Gasteiger partial charge in [0.2, 0.25) is 0 Å². The normalized spacial score (nSPS) is 24.8. The third-order valence-corrected chi connectivity index (χ3v) is 2.77. The minimum atomic E-state index is -0.647. The van der Waals surface area contributed by atoms with Crippen molar-refractivity contribution in [1.29, 1.82) is 0 Å². The van der Waals surface area contributed by atoms with E-state index in [1.54, 1.807) is 0 Å². The van der Waals surface area contributed by atoms with Gasteiger partial charge in [0, 0.05) is 6.61 Å². The predicted molar refractivity (Wildman–Crippen MR) is 61.0 cm³/mol. The van der Waals surface area contributed by atoms with Crippen molar-refractivity contribution in [3.05, 3.63) is 0 Å². The number of hydrogen-bond acceptors (Lipinski definition) is 2. The van der Waals surface area contributed by atoms with Crippen LogP contribution < -0.4 is 0 Å². The average molecular weight is 238 g/mol. The van der Waals surface area contributed by atoms with Crippen molar-refractivity contribution in [1.82, 2.24) is 0 Å². The van der Waals surface area contributed by atoms with E-state index in [2.05, 4.69) is 6.92 Å². The van der Waals surface area contributed by atoms with E-state index in [0.717, 1.165) is 38.7 Å². The van der Waals surface area contributed by atoms with Gasteiger partial charge in [-0.2, -0.15) is 0 Å². The zero-order valence-corrected chi connectivity index (χ0v) is 10.4. The number of rotatable bonds is 6. The van der Waals surface area contributed by atoms with Crippen LogP contribution in [0.3, 0.4) is 0 Å². The summed E-state index contributed by atoms with van der Waals surface area (Å²) in [5.74, 6) is 0. The van der Waals surface area contributed by atoms with Gasteiger partial charge in [0.05, 0.1) is 19.4 Å². The van der Waals surface area contributed by atoms with Crippen molar-refractivity contribution < 1.29 is 18.3 Å². The quantitative estimate of drug-likeness (QED) is 0.658.